The minimum Gasteiger partial charge on any atom is -0.503 e. The van der Waals surface area contributed by atoms with Crippen molar-refractivity contribution >= 4 is 28.5 Å². The second-order valence-corrected chi connectivity index (χ2v) is 7.26. The second-order valence-electron chi connectivity index (χ2n) is 7.26. The lowest BCUT2D eigenvalue weighted by Gasteiger charge is -2.25. The number of anilines is 1. The van der Waals surface area contributed by atoms with Crippen LogP contribution in [-0.2, 0) is 4.79 Å². The molecule has 1 aliphatic heterocycles. The molecule has 32 heavy (non-hydrogen) atoms. The smallest absolute Gasteiger partial charge is 0.295 e. The first kappa shape index (κ1) is 19.6. The van der Waals surface area contributed by atoms with E-state index in [1.165, 1.54) is 12.0 Å². The number of aliphatic hydroxyl groups is 1. The van der Waals surface area contributed by atoms with Gasteiger partial charge in [0.2, 0.25) is 5.78 Å². The van der Waals surface area contributed by atoms with Crippen LogP contribution in [0.1, 0.15) is 22.2 Å². The zero-order chi connectivity index (χ0) is 22.2. The molecule has 1 atom stereocenters. The van der Waals surface area contributed by atoms with Crippen molar-refractivity contribution in [3.05, 3.63) is 102 Å². The van der Waals surface area contributed by atoms with E-state index < -0.39 is 23.5 Å². The van der Waals surface area contributed by atoms with E-state index >= 15 is 0 Å². The number of ether oxygens (including phenoxy) is 1. The molecule has 5 rings (SSSR count). The number of hydrogen-bond acceptors (Lipinski definition) is 6. The monoisotopic (exact) mass is 426 g/mol. The number of hydrogen-bond donors (Lipinski definition) is 1. The fourth-order valence-corrected chi connectivity index (χ4v) is 3.96. The van der Waals surface area contributed by atoms with Gasteiger partial charge in [0.25, 0.3) is 5.91 Å². The van der Waals surface area contributed by atoms with Gasteiger partial charge in [-0.15, -0.1) is 0 Å². The minimum atomic E-state index is -0.860. The van der Waals surface area contributed by atoms with Gasteiger partial charge in [-0.1, -0.05) is 48.5 Å². The number of benzene rings is 2. The van der Waals surface area contributed by atoms with Crippen LogP contribution in [-0.4, -0.2) is 28.9 Å². The number of carbonyl (C=O) groups is 2. The number of fused-ring (bicyclic) bond motifs is 1. The molecular weight excluding hydrogens is 408 g/mol. The van der Waals surface area contributed by atoms with Crippen molar-refractivity contribution in [3.63, 3.8) is 0 Å². The standard InChI is InChI=1S/C25H18N2O5/c1-31-17-11-7-10-16-14-18(32-24(16)17)22(28)20-21(15-8-3-2-4-9-15)27(25(30)23(20)29)19-12-5-6-13-26-19/h2-14,21,29H,1H3. The maximum atomic E-state index is 13.6. The van der Waals surface area contributed by atoms with Crippen LogP contribution < -0.4 is 9.64 Å². The van der Waals surface area contributed by atoms with Crippen molar-refractivity contribution in [2.45, 2.75) is 6.04 Å². The van der Waals surface area contributed by atoms with Crippen molar-refractivity contribution in [2.75, 3.05) is 12.0 Å². The van der Waals surface area contributed by atoms with E-state index in [-0.39, 0.29) is 11.3 Å². The summed E-state index contributed by atoms with van der Waals surface area (Å²) in [6.45, 7) is 0. The molecule has 0 saturated carbocycles. The molecule has 7 heteroatoms. The number of carbonyl (C=O) groups excluding carboxylic acids is 2. The fourth-order valence-electron chi connectivity index (χ4n) is 3.96. The van der Waals surface area contributed by atoms with Gasteiger partial charge in [-0.05, 0) is 29.8 Å². The second kappa shape index (κ2) is 7.70. The van der Waals surface area contributed by atoms with Crippen LogP contribution in [0.25, 0.3) is 11.0 Å². The molecule has 0 saturated heterocycles. The molecule has 0 bridgehead atoms. The summed E-state index contributed by atoms with van der Waals surface area (Å²) in [4.78, 5) is 32.2. The van der Waals surface area contributed by atoms with Crippen molar-refractivity contribution < 1.29 is 23.8 Å². The molecule has 0 fully saturated rings. The van der Waals surface area contributed by atoms with Gasteiger partial charge in [-0.2, -0.15) is 0 Å². The molecule has 0 spiro atoms. The molecule has 1 aliphatic rings. The Labute approximate surface area is 183 Å². The summed E-state index contributed by atoms with van der Waals surface area (Å²) >= 11 is 0. The molecular formula is C25H18N2O5. The fraction of sp³-hybridized carbons (Fsp3) is 0.0800. The number of aliphatic hydroxyl groups excluding tert-OH is 1. The van der Waals surface area contributed by atoms with Crippen molar-refractivity contribution in [1.29, 1.82) is 0 Å². The number of ketones is 1. The van der Waals surface area contributed by atoms with E-state index in [4.69, 9.17) is 9.15 Å². The number of rotatable bonds is 5. The first-order valence-corrected chi connectivity index (χ1v) is 9.94. The molecule has 1 unspecified atom stereocenters. The number of pyridine rings is 1. The summed E-state index contributed by atoms with van der Waals surface area (Å²) in [5, 5.41) is 11.5. The third-order valence-electron chi connectivity index (χ3n) is 5.42. The van der Waals surface area contributed by atoms with Crippen LogP contribution in [0.4, 0.5) is 5.82 Å². The SMILES string of the molecule is COc1cccc2cc(C(=O)C3=C(O)C(=O)N(c4ccccn4)C3c3ccccc3)oc12. The Hall–Kier alpha value is -4.39. The summed E-state index contributed by atoms with van der Waals surface area (Å²) < 4.78 is 11.1. The molecule has 3 heterocycles. The highest BCUT2D eigenvalue weighted by Gasteiger charge is 2.45. The topological polar surface area (TPSA) is 92.9 Å². The molecule has 2 aromatic heterocycles. The number of aromatic nitrogens is 1. The third-order valence-corrected chi connectivity index (χ3v) is 5.42. The predicted octanol–water partition coefficient (Wildman–Crippen LogP) is 4.62. The van der Waals surface area contributed by atoms with Gasteiger partial charge in [0.1, 0.15) is 5.82 Å². The minimum absolute atomic E-state index is 0.00246. The van der Waals surface area contributed by atoms with Crippen LogP contribution in [0.5, 0.6) is 5.75 Å². The van der Waals surface area contributed by atoms with Crippen LogP contribution >= 0.6 is 0 Å². The molecule has 0 aliphatic carbocycles. The lowest BCUT2D eigenvalue weighted by Crippen LogP contribution is -2.31. The van der Waals surface area contributed by atoms with Crippen LogP contribution in [0.15, 0.2) is 94.7 Å². The zero-order valence-electron chi connectivity index (χ0n) is 17.1. The molecule has 7 nitrogen and oxygen atoms in total. The Balaban J connectivity index is 1.66. The molecule has 4 aromatic rings. The zero-order valence-corrected chi connectivity index (χ0v) is 17.1. The Morgan fingerprint density at radius 3 is 2.56 bits per heavy atom. The van der Waals surface area contributed by atoms with Crippen molar-refractivity contribution in [2.24, 2.45) is 0 Å². The van der Waals surface area contributed by atoms with Crippen molar-refractivity contribution in [3.8, 4) is 5.75 Å². The molecule has 1 amide bonds. The van der Waals surface area contributed by atoms with E-state index in [0.29, 0.717) is 28.1 Å². The Kier molecular flexibility index (Phi) is 4.71. The van der Waals surface area contributed by atoms with Gasteiger partial charge < -0.3 is 14.3 Å². The molecule has 0 radical (unpaired) electrons. The Morgan fingerprint density at radius 1 is 1.06 bits per heavy atom. The third kappa shape index (κ3) is 3.02. The highest BCUT2D eigenvalue weighted by atomic mass is 16.5. The van der Waals surface area contributed by atoms with Crippen LogP contribution in [0.2, 0.25) is 0 Å². The summed E-state index contributed by atoms with van der Waals surface area (Å²) in [7, 11) is 1.51. The number of Topliss-reactive ketones (excluding diaryl/α,β-unsaturated/α-hetero) is 1. The first-order valence-electron chi connectivity index (χ1n) is 9.94. The Morgan fingerprint density at radius 2 is 1.84 bits per heavy atom. The highest BCUT2D eigenvalue weighted by Crippen LogP contribution is 2.42. The van der Waals surface area contributed by atoms with Crippen LogP contribution in [0, 0.1) is 0 Å². The maximum Gasteiger partial charge on any atom is 0.295 e. The lowest BCUT2D eigenvalue weighted by atomic mass is 9.95. The van der Waals surface area contributed by atoms with E-state index in [1.54, 1.807) is 72.9 Å². The molecule has 2 aromatic carbocycles. The average molecular weight is 426 g/mol. The summed E-state index contributed by atoms with van der Waals surface area (Å²) in [6, 6.07) is 20.2. The normalized spacial score (nSPS) is 16.1. The largest absolute Gasteiger partial charge is 0.503 e. The van der Waals surface area contributed by atoms with Gasteiger partial charge in [0.15, 0.2) is 22.9 Å². The highest BCUT2D eigenvalue weighted by molar-refractivity contribution is 6.20. The maximum absolute atomic E-state index is 13.6. The molecule has 158 valence electrons. The number of methoxy groups -OCH3 is 1. The first-order chi connectivity index (χ1) is 15.6. The molecule has 1 N–H and O–H groups in total. The van der Waals surface area contributed by atoms with E-state index in [1.807, 2.05) is 6.07 Å². The van der Waals surface area contributed by atoms with Crippen molar-refractivity contribution in [1.82, 2.24) is 4.98 Å². The predicted molar refractivity (Wildman–Crippen MR) is 118 cm³/mol. The summed E-state index contributed by atoms with van der Waals surface area (Å²) in [5.74, 6) is -1.09. The average Bonchev–Trinajstić information content (AvgIpc) is 3.39. The van der Waals surface area contributed by atoms with Gasteiger partial charge in [0.05, 0.1) is 18.7 Å². The number of furan rings is 1. The number of nitrogens with zero attached hydrogens (tertiary/aromatic N) is 2. The van der Waals surface area contributed by atoms with Gasteiger partial charge >= 0.3 is 0 Å². The van der Waals surface area contributed by atoms with E-state index in [9.17, 15) is 14.7 Å². The van der Waals surface area contributed by atoms with Gasteiger partial charge in [0, 0.05) is 11.6 Å². The Bertz CT molecular complexity index is 1360. The number of amides is 1. The van der Waals surface area contributed by atoms with Gasteiger partial charge in [-0.3, -0.25) is 14.5 Å². The van der Waals surface area contributed by atoms with E-state index in [0.717, 1.165) is 0 Å². The van der Waals surface area contributed by atoms with Crippen LogP contribution in [0.3, 0.4) is 0 Å². The van der Waals surface area contributed by atoms with Gasteiger partial charge in [-0.25, -0.2) is 4.98 Å². The summed E-state index contributed by atoms with van der Waals surface area (Å²) in [5.41, 5.74) is 1.01. The number of para-hydroxylation sites is 1. The summed E-state index contributed by atoms with van der Waals surface area (Å²) in [6.07, 6.45) is 1.55. The lowest BCUT2D eigenvalue weighted by molar-refractivity contribution is -0.117. The van der Waals surface area contributed by atoms with E-state index in [2.05, 4.69) is 4.98 Å². The quantitative estimate of drug-likeness (QED) is 0.468.